The van der Waals surface area contributed by atoms with Crippen molar-refractivity contribution in [2.75, 3.05) is 19.8 Å². The predicted octanol–water partition coefficient (Wildman–Crippen LogP) is 2.00. The molecule has 108 valence electrons. The van der Waals surface area contributed by atoms with Crippen LogP contribution in [0.15, 0.2) is 0 Å². The van der Waals surface area contributed by atoms with Gasteiger partial charge >= 0.3 is 5.97 Å². The molecule has 0 amide bonds. The number of aromatic nitrogens is 3. The summed E-state index contributed by atoms with van der Waals surface area (Å²) in [6, 6.07) is 0. The van der Waals surface area contributed by atoms with Gasteiger partial charge in [0.25, 0.3) is 0 Å². The molecule has 6 nitrogen and oxygen atoms in total. The van der Waals surface area contributed by atoms with Crippen molar-refractivity contribution in [3.63, 3.8) is 0 Å². The topological polar surface area (TPSA) is 66.2 Å². The Hall–Kier alpha value is -1.43. The van der Waals surface area contributed by atoms with Crippen LogP contribution in [0.25, 0.3) is 0 Å². The number of aryl methyl sites for hydroxylation is 1. The number of hydrogen-bond donors (Lipinski definition) is 0. The molecule has 0 atom stereocenters. The van der Waals surface area contributed by atoms with Crippen LogP contribution in [0, 0.1) is 0 Å². The largest absolute Gasteiger partial charge is 0.461 e. The van der Waals surface area contributed by atoms with E-state index in [0.717, 1.165) is 12.1 Å². The van der Waals surface area contributed by atoms with Gasteiger partial charge in [0.2, 0.25) is 0 Å². The third-order valence-corrected chi connectivity index (χ3v) is 2.65. The molecule has 1 aromatic heterocycles. The smallest absolute Gasteiger partial charge is 0.360 e. The first-order valence-corrected chi connectivity index (χ1v) is 6.80. The van der Waals surface area contributed by atoms with Crippen LogP contribution in [0.4, 0.5) is 0 Å². The molecule has 0 unspecified atom stereocenters. The lowest BCUT2D eigenvalue weighted by molar-refractivity contribution is 0.0517. The highest BCUT2D eigenvalue weighted by Crippen LogP contribution is 2.18. The van der Waals surface area contributed by atoms with Crippen molar-refractivity contribution in [2.24, 2.45) is 0 Å². The predicted molar refractivity (Wildman–Crippen MR) is 71.2 cm³/mol. The molecule has 0 spiro atoms. The van der Waals surface area contributed by atoms with E-state index in [2.05, 4.69) is 10.3 Å². The van der Waals surface area contributed by atoms with E-state index in [1.54, 1.807) is 11.6 Å². The van der Waals surface area contributed by atoms with Crippen LogP contribution >= 0.6 is 0 Å². The molecule has 0 N–H and O–H groups in total. The van der Waals surface area contributed by atoms with Gasteiger partial charge in [-0.2, -0.15) is 0 Å². The first kappa shape index (κ1) is 15.6. The minimum absolute atomic E-state index is 0.168. The molecule has 0 aliphatic heterocycles. The number of carbonyl (C=O) groups is 1. The van der Waals surface area contributed by atoms with E-state index in [0.29, 0.717) is 32.1 Å². The number of carbonyl (C=O) groups excluding carboxylic acids is 1. The number of hydrogen-bond acceptors (Lipinski definition) is 5. The summed E-state index contributed by atoms with van der Waals surface area (Å²) in [6.45, 7) is 10.2. The molecule has 0 bridgehead atoms. The maximum Gasteiger partial charge on any atom is 0.360 e. The number of esters is 1. The van der Waals surface area contributed by atoms with E-state index in [1.165, 1.54) is 0 Å². The van der Waals surface area contributed by atoms with Crippen LogP contribution in [-0.2, 0) is 16.0 Å². The summed E-state index contributed by atoms with van der Waals surface area (Å²) in [4.78, 5) is 11.8. The fourth-order valence-electron chi connectivity index (χ4n) is 1.86. The summed E-state index contributed by atoms with van der Waals surface area (Å²) in [7, 11) is 0. The molecule has 1 heterocycles. The van der Waals surface area contributed by atoms with Gasteiger partial charge in [-0.05, 0) is 26.2 Å². The Bertz CT molecular complexity index is 402. The third-order valence-electron chi connectivity index (χ3n) is 2.65. The lowest BCUT2D eigenvalue weighted by atomic mass is 10.1. The van der Waals surface area contributed by atoms with Gasteiger partial charge in [0, 0.05) is 19.8 Å². The zero-order chi connectivity index (χ0) is 14.3. The van der Waals surface area contributed by atoms with Gasteiger partial charge in [0.15, 0.2) is 5.69 Å². The van der Waals surface area contributed by atoms with Crippen LogP contribution < -0.4 is 0 Å². The molecule has 0 aliphatic carbocycles. The minimum Gasteiger partial charge on any atom is -0.461 e. The molecular formula is C13H23N3O3. The Labute approximate surface area is 114 Å². The van der Waals surface area contributed by atoms with Gasteiger partial charge in [-0.3, -0.25) is 0 Å². The maximum atomic E-state index is 11.8. The lowest BCUT2D eigenvalue weighted by Crippen LogP contribution is -2.13. The Balaban J connectivity index is 2.78. The maximum absolute atomic E-state index is 11.8. The first-order valence-electron chi connectivity index (χ1n) is 6.80. The van der Waals surface area contributed by atoms with E-state index in [9.17, 15) is 4.79 Å². The second-order valence-corrected chi connectivity index (χ2v) is 4.47. The standard InChI is InChI=1S/C13H23N3O3/c1-5-18-9-7-8-16-12(10(3)4)11(14-15-16)13(17)19-6-2/h10H,5-9H2,1-4H3. The highest BCUT2D eigenvalue weighted by molar-refractivity contribution is 5.88. The van der Waals surface area contributed by atoms with Crippen LogP contribution in [-0.4, -0.2) is 40.8 Å². The van der Waals surface area contributed by atoms with Crippen molar-refractivity contribution in [1.82, 2.24) is 15.0 Å². The second kappa shape index (κ2) is 7.89. The summed E-state index contributed by atoms with van der Waals surface area (Å²) in [5.74, 6) is -0.233. The van der Waals surface area contributed by atoms with Gasteiger partial charge in [-0.15, -0.1) is 5.10 Å². The van der Waals surface area contributed by atoms with E-state index in [1.807, 2.05) is 20.8 Å². The number of nitrogens with zero attached hydrogens (tertiary/aromatic N) is 3. The van der Waals surface area contributed by atoms with Gasteiger partial charge < -0.3 is 9.47 Å². The van der Waals surface area contributed by atoms with Crippen LogP contribution in [0.5, 0.6) is 0 Å². The normalized spacial score (nSPS) is 11.0. The van der Waals surface area contributed by atoms with E-state index in [4.69, 9.17) is 9.47 Å². The molecular weight excluding hydrogens is 246 g/mol. The average molecular weight is 269 g/mol. The Morgan fingerprint density at radius 3 is 2.63 bits per heavy atom. The molecule has 0 aliphatic rings. The summed E-state index contributed by atoms with van der Waals surface area (Å²) < 4.78 is 12.1. The zero-order valence-electron chi connectivity index (χ0n) is 12.2. The molecule has 0 radical (unpaired) electrons. The summed E-state index contributed by atoms with van der Waals surface area (Å²) in [5.41, 5.74) is 1.16. The van der Waals surface area contributed by atoms with Gasteiger partial charge in [0.05, 0.1) is 12.3 Å². The van der Waals surface area contributed by atoms with Crippen molar-refractivity contribution in [3.8, 4) is 0 Å². The van der Waals surface area contributed by atoms with Crippen molar-refractivity contribution in [3.05, 3.63) is 11.4 Å². The quantitative estimate of drug-likeness (QED) is 0.533. The van der Waals surface area contributed by atoms with Crippen LogP contribution in [0.3, 0.4) is 0 Å². The Kier molecular flexibility index (Phi) is 6.49. The van der Waals surface area contributed by atoms with Crippen molar-refractivity contribution >= 4 is 5.97 Å². The van der Waals surface area contributed by atoms with Crippen LogP contribution in [0.1, 0.15) is 56.2 Å². The molecule has 1 aromatic rings. The summed E-state index contributed by atoms with van der Waals surface area (Å²) >= 11 is 0. The van der Waals surface area contributed by atoms with Crippen LogP contribution in [0.2, 0.25) is 0 Å². The summed E-state index contributed by atoms with van der Waals surface area (Å²) in [5, 5.41) is 8.00. The number of ether oxygens (including phenoxy) is 2. The molecule has 1 rings (SSSR count). The SMILES string of the molecule is CCOCCCn1nnc(C(=O)OCC)c1C(C)C. The monoisotopic (exact) mass is 269 g/mol. The van der Waals surface area contributed by atoms with Gasteiger partial charge in [-0.25, -0.2) is 9.48 Å². The molecule has 0 fully saturated rings. The first-order chi connectivity index (χ1) is 9.11. The Morgan fingerprint density at radius 2 is 2.05 bits per heavy atom. The van der Waals surface area contributed by atoms with Crippen molar-refractivity contribution < 1.29 is 14.3 Å². The van der Waals surface area contributed by atoms with Crippen molar-refractivity contribution in [2.45, 2.75) is 46.6 Å². The van der Waals surface area contributed by atoms with Gasteiger partial charge in [0.1, 0.15) is 0 Å². The molecule has 0 saturated carbocycles. The number of rotatable bonds is 8. The molecule has 0 saturated heterocycles. The minimum atomic E-state index is -0.401. The second-order valence-electron chi connectivity index (χ2n) is 4.47. The lowest BCUT2D eigenvalue weighted by Gasteiger charge is -2.10. The third kappa shape index (κ3) is 4.31. The zero-order valence-corrected chi connectivity index (χ0v) is 12.2. The highest BCUT2D eigenvalue weighted by Gasteiger charge is 2.22. The molecule has 0 aromatic carbocycles. The Morgan fingerprint density at radius 1 is 1.32 bits per heavy atom. The van der Waals surface area contributed by atoms with Crippen molar-refractivity contribution in [1.29, 1.82) is 0 Å². The van der Waals surface area contributed by atoms with E-state index >= 15 is 0 Å². The molecule has 19 heavy (non-hydrogen) atoms. The average Bonchev–Trinajstić information content (AvgIpc) is 2.79. The highest BCUT2D eigenvalue weighted by atomic mass is 16.5. The fraction of sp³-hybridized carbons (Fsp3) is 0.769. The molecule has 6 heteroatoms. The summed E-state index contributed by atoms with van der Waals surface area (Å²) in [6.07, 6.45) is 0.846. The van der Waals surface area contributed by atoms with Gasteiger partial charge in [-0.1, -0.05) is 19.1 Å². The fourth-order valence-corrected chi connectivity index (χ4v) is 1.86. The van der Waals surface area contributed by atoms with E-state index in [-0.39, 0.29) is 5.92 Å². The van der Waals surface area contributed by atoms with E-state index < -0.39 is 5.97 Å².